The van der Waals surface area contributed by atoms with Gasteiger partial charge in [-0.2, -0.15) is 13.2 Å². The Morgan fingerprint density at radius 1 is 1.41 bits per heavy atom. The molecule has 1 N–H and O–H groups in total. The van der Waals surface area contributed by atoms with Crippen LogP contribution in [0.15, 0.2) is 18.2 Å². The van der Waals surface area contributed by atoms with E-state index in [0.717, 1.165) is 0 Å². The van der Waals surface area contributed by atoms with Crippen LogP contribution in [0.2, 0.25) is 5.02 Å². The summed E-state index contributed by atoms with van der Waals surface area (Å²) in [5.41, 5.74) is 0.134. The van der Waals surface area contributed by atoms with Crippen molar-refractivity contribution in [3.63, 3.8) is 0 Å². The molecule has 124 valence electrons. The normalized spacial score (nSPS) is 11.5. The zero-order valence-electron chi connectivity index (χ0n) is 12.5. The molecule has 0 fully saturated rings. The second-order valence-corrected chi connectivity index (χ2v) is 5.69. The van der Waals surface area contributed by atoms with Gasteiger partial charge in [-0.05, 0) is 18.1 Å². The van der Waals surface area contributed by atoms with E-state index in [9.17, 15) is 18.0 Å². The van der Waals surface area contributed by atoms with Crippen LogP contribution in [-0.4, -0.2) is 37.3 Å². The van der Waals surface area contributed by atoms with Crippen molar-refractivity contribution < 1.29 is 22.7 Å². The zero-order valence-corrected chi connectivity index (χ0v) is 13.3. The van der Waals surface area contributed by atoms with E-state index in [0.29, 0.717) is 6.54 Å². The third kappa shape index (κ3) is 6.43. The van der Waals surface area contributed by atoms with E-state index in [1.54, 1.807) is 7.05 Å². The zero-order chi connectivity index (χ0) is 16.9. The maximum atomic E-state index is 12.3. The number of urea groups is 1. The molecular weight excluding hydrogens is 321 g/mol. The standard InChI is InChI=1S/C14H18ClF3N2O2/c1-9(2)7-20(3)13(21)19-11-5-4-10(15)6-12(11)22-8-14(16,17)18/h4-6,9H,7-8H2,1-3H3,(H,19,21). The number of nitrogens with zero attached hydrogens (tertiary/aromatic N) is 1. The molecule has 0 aromatic heterocycles. The van der Waals surface area contributed by atoms with E-state index in [-0.39, 0.29) is 22.4 Å². The Labute approximate surface area is 132 Å². The first-order valence-corrected chi connectivity index (χ1v) is 6.97. The Balaban J connectivity index is 2.83. The van der Waals surface area contributed by atoms with Crippen LogP contribution in [0, 0.1) is 5.92 Å². The van der Waals surface area contributed by atoms with E-state index >= 15 is 0 Å². The maximum absolute atomic E-state index is 12.3. The van der Waals surface area contributed by atoms with Crippen molar-refractivity contribution in [2.24, 2.45) is 5.92 Å². The Morgan fingerprint density at radius 2 is 2.05 bits per heavy atom. The summed E-state index contributed by atoms with van der Waals surface area (Å²) in [6, 6.07) is 3.65. The fourth-order valence-corrected chi connectivity index (χ4v) is 1.88. The number of carbonyl (C=O) groups is 1. The van der Waals surface area contributed by atoms with Crippen LogP contribution in [0.1, 0.15) is 13.8 Å². The van der Waals surface area contributed by atoms with Crippen LogP contribution in [-0.2, 0) is 0 Å². The Kier molecular flexibility index (Phi) is 6.34. The average Bonchev–Trinajstić information content (AvgIpc) is 2.37. The number of hydrogen-bond acceptors (Lipinski definition) is 2. The second-order valence-electron chi connectivity index (χ2n) is 5.25. The van der Waals surface area contributed by atoms with Crippen LogP contribution >= 0.6 is 11.6 Å². The molecule has 0 aliphatic rings. The van der Waals surface area contributed by atoms with Crippen LogP contribution in [0.4, 0.5) is 23.7 Å². The van der Waals surface area contributed by atoms with E-state index < -0.39 is 18.8 Å². The molecule has 22 heavy (non-hydrogen) atoms. The summed E-state index contributed by atoms with van der Waals surface area (Å²) in [4.78, 5) is 13.4. The number of benzene rings is 1. The first-order chi connectivity index (χ1) is 10.1. The van der Waals surface area contributed by atoms with Crippen molar-refractivity contribution >= 4 is 23.3 Å². The third-order valence-electron chi connectivity index (χ3n) is 2.56. The van der Waals surface area contributed by atoms with Crippen molar-refractivity contribution in [2.45, 2.75) is 20.0 Å². The quantitative estimate of drug-likeness (QED) is 0.864. The number of amides is 2. The van der Waals surface area contributed by atoms with Gasteiger partial charge in [0.15, 0.2) is 6.61 Å². The SMILES string of the molecule is CC(C)CN(C)C(=O)Nc1ccc(Cl)cc1OCC(F)(F)F. The molecule has 0 saturated carbocycles. The van der Waals surface area contributed by atoms with Crippen LogP contribution < -0.4 is 10.1 Å². The predicted molar refractivity (Wildman–Crippen MR) is 79.5 cm³/mol. The van der Waals surface area contributed by atoms with E-state index in [1.165, 1.54) is 23.1 Å². The second kappa shape index (κ2) is 7.58. The summed E-state index contributed by atoms with van der Waals surface area (Å²) in [6.07, 6.45) is -4.47. The third-order valence-corrected chi connectivity index (χ3v) is 2.80. The van der Waals surface area contributed by atoms with Gasteiger partial charge in [-0.15, -0.1) is 0 Å². The van der Waals surface area contributed by atoms with Crippen LogP contribution in [0.5, 0.6) is 5.75 Å². The van der Waals surface area contributed by atoms with Crippen molar-refractivity contribution in [1.82, 2.24) is 4.90 Å². The molecule has 0 aliphatic heterocycles. The summed E-state index contributed by atoms with van der Waals surface area (Å²) < 4.78 is 41.5. The highest BCUT2D eigenvalue weighted by Crippen LogP contribution is 2.30. The van der Waals surface area contributed by atoms with Gasteiger partial charge in [-0.3, -0.25) is 0 Å². The molecule has 1 aromatic carbocycles. The number of nitrogens with one attached hydrogen (secondary N) is 1. The number of hydrogen-bond donors (Lipinski definition) is 1. The number of alkyl halides is 3. The first kappa shape index (κ1) is 18.4. The molecule has 0 unspecified atom stereocenters. The highest BCUT2D eigenvalue weighted by molar-refractivity contribution is 6.30. The molecule has 0 saturated heterocycles. The van der Waals surface area contributed by atoms with Gasteiger partial charge < -0.3 is 15.0 Å². The van der Waals surface area contributed by atoms with Gasteiger partial charge in [0.2, 0.25) is 0 Å². The summed E-state index contributed by atoms with van der Waals surface area (Å²) in [5.74, 6) is 0.137. The number of ether oxygens (including phenoxy) is 1. The lowest BCUT2D eigenvalue weighted by Crippen LogP contribution is -2.34. The Bertz CT molecular complexity index is 521. The smallest absolute Gasteiger partial charge is 0.422 e. The van der Waals surface area contributed by atoms with Gasteiger partial charge in [-0.1, -0.05) is 25.4 Å². The molecule has 0 heterocycles. The summed E-state index contributed by atoms with van der Waals surface area (Å²) in [5, 5.41) is 2.73. The molecule has 0 aliphatic carbocycles. The van der Waals surface area contributed by atoms with Gasteiger partial charge in [0.05, 0.1) is 5.69 Å². The highest BCUT2D eigenvalue weighted by Gasteiger charge is 2.29. The van der Waals surface area contributed by atoms with Crippen LogP contribution in [0.25, 0.3) is 0 Å². The predicted octanol–water partition coefficient (Wildman–Crippen LogP) is 4.40. The molecular formula is C14H18ClF3N2O2. The fourth-order valence-electron chi connectivity index (χ4n) is 1.72. The van der Waals surface area contributed by atoms with E-state index in [1.807, 2.05) is 13.8 Å². The molecule has 4 nitrogen and oxygen atoms in total. The van der Waals surface area contributed by atoms with E-state index in [2.05, 4.69) is 5.32 Å². The van der Waals surface area contributed by atoms with Crippen molar-refractivity contribution in [1.29, 1.82) is 0 Å². The fraction of sp³-hybridized carbons (Fsp3) is 0.500. The van der Waals surface area contributed by atoms with Gasteiger partial charge in [0.1, 0.15) is 5.75 Å². The molecule has 1 rings (SSSR count). The van der Waals surface area contributed by atoms with Gasteiger partial charge in [0, 0.05) is 24.7 Å². The number of rotatable bonds is 5. The van der Waals surface area contributed by atoms with Crippen molar-refractivity contribution in [3.8, 4) is 5.75 Å². The monoisotopic (exact) mass is 338 g/mol. The number of carbonyl (C=O) groups excluding carboxylic acids is 1. The van der Waals surface area contributed by atoms with Gasteiger partial charge in [0.25, 0.3) is 0 Å². The van der Waals surface area contributed by atoms with Crippen molar-refractivity contribution in [2.75, 3.05) is 25.5 Å². The minimum Gasteiger partial charge on any atom is -0.482 e. The molecule has 0 spiro atoms. The average molecular weight is 339 g/mol. The van der Waals surface area contributed by atoms with Crippen molar-refractivity contribution in [3.05, 3.63) is 23.2 Å². The molecule has 0 atom stereocenters. The lowest BCUT2D eigenvalue weighted by molar-refractivity contribution is -0.153. The van der Waals surface area contributed by atoms with E-state index in [4.69, 9.17) is 16.3 Å². The lowest BCUT2D eigenvalue weighted by atomic mass is 10.2. The lowest BCUT2D eigenvalue weighted by Gasteiger charge is -2.21. The molecule has 0 bridgehead atoms. The van der Waals surface area contributed by atoms with Gasteiger partial charge in [-0.25, -0.2) is 4.79 Å². The molecule has 8 heteroatoms. The molecule has 1 aromatic rings. The number of anilines is 1. The maximum Gasteiger partial charge on any atom is 0.422 e. The largest absolute Gasteiger partial charge is 0.482 e. The number of halogens is 4. The first-order valence-electron chi connectivity index (χ1n) is 6.59. The van der Waals surface area contributed by atoms with Crippen LogP contribution in [0.3, 0.4) is 0 Å². The minimum absolute atomic E-state index is 0.129. The Hall–Kier alpha value is -1.63. The summed E-state index contributed by atoms with van der Waals surface area (Å²) in [7, 11) is 1.60. The molecule has 0 radical (unpaired) electrons. The topological polar surface area (TPSA) is 41.6 Å². The summed E-state index contributed by atoms with van der Waals surface area (Å²) >= 11 is 5.75. The highest BCUT2D eigenvalue weighted by atomic mass is 35.5. The van der Waals surface area contributed by atoms with Gasteiger partial charge >= 0.3 is 12.2 Å². The minimum atomic E-state index is -4.47. The summed E-state index contributed by atoms with van der Waals surface area (Å²) in [6.45, 7) is 2.95. The Morgan fingerprint density at radius 3 is 2.59 bits per heavy atom. The molecule has 2 amide bonds.